The van der Waals surface area contributed by atoms with Crippen LogP contribution in [0.25, 0.3) is 0 Å². The minimum Gasteiger partial charge on any atom is -0.477 e. The summed E-state index contributed by atoms with van der Waals surface area (Å²) < 4.78 is 0. The highest BCUT2D eigenvalue weighted by atomic mass is 35.5. The molecule has 0 spiro atoms. The lowest BCUT2D eigenvalue weighted by Crippen LogP contribution is -2.06. The van der Waals surface area contributed by atoms with Crippen LogP contribution in [0, 0.1) is 6.92 Å². The molecule has 0 atom stereocenters. The molecule has 1 aromatic carbocycles. The molecule has 0 aliphatic carbocycles. The van der Waals surface area contributed by atoms with Gasteiger partial charge in [-0.1, -0.05) is 23.7 Å². The summed E-state index contributed by atoms with van der Waals surface area (Å²) in [6.07, 6.45) is 0. The van der Waals surface area contributed by atoms with Crippen LogP contribution >= 0.6 is 34.7 Å². The van der Waals surface area contributed by atoms with Gasteiger partial charge in [-0.05, 0) is 30.2 Å². The highest BCUT2D eigenvalue weighted by Crippen LogP contribution is 2.45. The van der Waals surface area contributed by atoms with Crippen LogP contribution in [0.1, 0.15) is 20.8 Å². The summed E-state index contributed by atoms with van der Waals surface area (Å²) in [5, 5.41) is 10.7. The number of rotatable bonds is 2. The van der Waals surface area contributed by atoms with E-state index in [1.807, 2.05) is 31.2 Å². The molecule has 0 unspecified atom stereocenters. The Balaban J connectivity index is 2.04. The average Bonchev–Trinajstić information content (AvgIpc) is 2.77. The van der Waals surface area contributed by atoms with Crippen molar-refractivity contribution < 1.29 is 9.90 Å². The molecule has 2 aromatic rings. The molecule has 0 saturated heterocycles. The van der Waals surface area contributed by atoms with Gasteiger partial charge in [-0.25, -0.2) is 9.79 Å². The van der Waals surface area contributed by atoms with E-state index in [0.29, 0.717) is 9.90 Å². The number of benzene rings is 1. The van der Waals surface area contributed by atoms with Crippen molar-refractivity contribution >= 4 is 51.4 Å². The van der Waals surface area contributed by atoms with Crippen molar-refractivity contribution in [2.24, 2.45) is 4.99 Å². The molecule has 1 aliphatic rings. The Labute approximate surface area is 129 Å². The maximum atomic E-state index is 11.2. The summed E-state index contributed by atoms with van der Waals surface area (Å²) in [7, 11) is 0. The minimum absolute atomic E-state index is 0.378. The van der Waals surface area contributed by atoms with Gasteiger partial charge in [-0.2, -0.15) is 0 Å². The lowest BCUT2D eigenvalue weighted by atomic mass is 10.1. The molecule has 0 radical (unpaired) electrons. The van der Waals surface area contributed by atoms with Gasteiger partial charge < -0.3 is 5.11 Å². The summed E-state index contributed by atoms with van der Waals surface area (Å²) in [6.45, 7) is 1.84. The van der Waals surface area contributed by atoms with Gasteiger partial charge in [0.1, 0.15) is 9.88 Å². The number of nitrogens with zero attached hydrogens (tertiary/aromatic N) is 1. The van der Waals surface area contributed by atoms with E-state index in [2.05, 4.69) is 4.99 Å². The number of carboxylic acids is 1. The van der Waals surface area contributed by atoms with Gasteiger partial charge in [0.2, 0.25) is 0 Å². The van der Waals surface area contributed by atoms with Crippen molar-refractivity contribution in [2.45, 2.75) is 11.8 Å². The molecule has 1 aliphatic heterocycles. The number of fused-ring (bicyclic) bond motifs is 1. The first-order chi connectivity index (χ1) is 9.56. The third kappa shape index (κ3) is 2.37. The Morgan fingerprint density at radius 2 is 2.05 bits per heavy atom. The fourth-order valence-corrected chi connectivity index (χ4v) is 4.45. The van der Waals surface area contributed by atoms with Gasteiger partial charge in [0.15, 0.2) is 0 Å². The van der Waals surface area contributed by atoms with Crippen LogP contribution in [0.3, 0.4) is 0 Å². The summed E-state index contributed by atoms with van der Waals surface area (Å²) in [5.74, 6) is -0.142. The minimum atomic E-state index is -0.884. The second-order valence-electron chi connectivity index (χ2n) is 4.35. The molecule has 3 rings (SSSR count). The largest absolute Gasteiger partial charge is 0.477 e. The van der Waals surface area contributed by atoms with E-state index >= 15 is 0 Å². The SMILES string of the molecule is Cc1c(C(=O)O)sc2c1SCC(c1ccc(Cl)cc1)=N2. The van der Waals surface area contributed by atoms with Gasteiger partial charge in [-0.3, -0.25) is 0 Å². The molecule has 0 bridgehead atoms. The third-order valence-corrected chi connectivity index (χ3v) is 5.80. The zero-order valence-electron chi connectivity index (χ0n) is 10.5. The van der Waals surface area contributed by atoms with Gasteiger partial charge >= 0.3 is 5.97 Å². The molecule has 2 heterocycles. The van der Waals surface area contributed by atoms with Crippen LogP contribution in [0.2, 0.25) is 5.02 Å². The standard InChI is InChI=1S/C14H10ClNO2S2/c1-7-11-13(20-12(7)14(17)18)16-10(6-19-11)8-2-4-9(15)5-3-8/h2-5H,6H2,1H3,(H,17,18). The van der Waals surface area contributed by atoms with E-state index in [1.54, 1.807) is 11.8 Å². The molecule has 102 valence electrons. The number of thiophene rings is 1. The monoisotopic (exact) mass is 323 g/mol. The van der Waals surface area contributed by atoms with Crippen LogP contribution in [0.4, 0.5) is 5.00 Å². The lowest BCUT2D eigenvalue weighted by Gasteiger charge is -2.12. The van der Waals surface area contributed by atoms with E-state index in [0.717, 1.165) is 32.5 Å². The summed E-state index contributed by atoms with van der Waals surface area (Å²) >= 11 is 8.76. The van der Waals surface area contributed by atoms with Crippen LogP contribution in [0.5, 0.6) is 0 Å². The second kappa shape index (κ2) is 5.24. The van der Waals surface area contributed by atoms with Crippen molar-refractivity contribution in [3.8, 4) is 0 Å². The van der Waals surface area contributed by atoms with Gasteiger partial charge in [0.05, 0.1) is 5.71 Å². The van der Waals surface area contributed by atoms with E-state index < -0.39 is 5.97 Å². The van der Waals surface area contributed by atoms with Crippen LogP contribution in [-0.4, -0.2) is 22.5 Å². The molecule has 0 amide bonds. The number of aliphatic imine (C=N–C) groups is 1. The van der Waals surface area contributed by atoms with E-state index in [9.17, 15) is 4.79 Å². The number of halogens is 1. The molecule has 0 fully saturated rings. The first-order valence-electron chi connectivity index (χ1n) is 5.89. The Hall–Kier alpha value is -1.30. The second-order valence-corrected chi connectivity index (χ2v) is 6.77. The van der Waals surface area contributed by atoms with Crippen molar-refractivity contribution in [3.05, 3.63) is 45.3 Å². The molecule has 6 heteroatoms. The number of aromatic carboxylic acids is 1. The van der Waals surface area contributed by atoms with Crippen molar-refractivity contribution in [1.29, 1.82) is 0 Å². The summed E-state index contributed by atoms with van der Waals surface area (Å²) in [4.78, 5) is 17.2. The zero-order valence-corrected chi connectivity index (χ0v) is 12.9. The topological polar surface area (TPSA) is 49.7 Å². The van der Waals surface area contributed by atoms with E-state index in [1.165, 1.54) is 11.3 Å². The molecule has 1 N–H and O–H groups in total. The zero-order chi connectivity index (χ0) is 14.3. The predicted octanol–water partition coefficient (Wildman–Crippen LogP) is 4.63. The number of carbonyl (C=O) groups is 1. The fraction of sp³-hybridized carbons (Fsp3) is 0.143. The fourth-order valence-electron chi connectivity index (χ4n) is 2.02. The highest BCUT2D eigenvalue weighted by molar-refractivity contribution is 8.00. The Morgan fingerprint density at radius 3 is 2.70 bits per heavy atom. The quantitative estimate of drug-likeness (QED) is 0.876. The van der Waals surface area contributed by atoms with Gasteiger partial charge in [0, 0.05) is 15.7 Å². The maximum Gasteiger partial charge on any atom is 0.346 e. The molecule has 20 heavy (non-hydrogen) atoms. The van der Waals surface area contributed by atoms with Crippen molar-refractivity contribution in [1.82, 2.24) is 0 Å². The van der Waals surface area contributed by atoms with Crippen molar-refractivity contribution in [2.75, 3.05) is 5.75 Å². The van der Waals surface area contributed by atoms with Crippen molar-refractivity contribution in [3.63, 3.8) is 0 Å². The summed E-state index contributed by atoms with van der Waals surface area (Å²) in [5.41, 5.74) is 2.80. The smallest absolute Gasteiger partial charge is 0.346 e. The van der Waals surface area contributed by atoms with Gasteiger partial charge in [0.25, 0.3) is 0 Å². The molecule has 0 saturated carbocycles. The third-order valence-electron chi connectivity index (χ3n) is 3.04. The number of hydrogen-bond acceptors (Lipinski definition) is 4. The van der Waals surface area contributed by atoms with Gasteiger partial charge in [-0.15, -0.1) is 23.1 Å². The predicted molar refractivity (Wildman–Crippen MR) is 84.4 cm³/mol. The lowest BCUT2D eigenvalue weighted by molar-refractivity contribution is 0.0701. The Kier molecular flexibility index (Phi) is 3.58. The average molecular weight is 324 g/mol. The molecular weight excluding hydrogens is 314 g/mol. The normalized spacial score (nSPS) is 13.8. The molecule has 3 nitrogen and oxygen atoms in total. The van der Waals surface area contributed by atoms with E-state index in [4.69, 9.17) is 16.7 Å². The maximum absolute atomic E-state index is 11.2. The number of carboxylic acid groups (broad SMARTS) is 1. The van der Waals surface area contributed by atoms with Crippen LogP contribution in [0.15, 0.2) is 34.2 Å². The van der Waals surface area contributed by atoms with Crippen LogP contribution in [-0.2, 0) is 0 Å². The Morgan fingerprint density at radius 1 is 1.35 bits per heavy atom. The van der Waals surface area contributed by atoms with E-state index in [-0.39, 0.29) is 0 Å². The molecule has 1 aromatic heterocycles. The summed E-state index contributed by atoms with van der Waals surface area (Å²) in [6, 6.07) is 7.54. The highest BCUT2D eigenvalue weighted by Gasteiger charge is 2.23. The van der Waals surface area contributed by atoms with Crippen LogP contribution < -0.4 is 0 Å². The first-order valence-corrected chi connectivity index (χ1v) is 8.07. The molecular formula is C14H10ClNO2S2. The number of thioether (sulfide) groups is 1. The first kappa shape index (κ1) is 13.7. The Bertz CT molecular complexity index is 720. The number of hydrogen-bond donors (Lipinski definition) is 1.